The monoisotopic (exact) mass is 283 g/mol. The fraction of sp³-hybridized carbons (Fsp3) is 0.667. The number of likely N-dealkylation sites (tertiary alicyclic amines) is 2. The molecule has 3 rings (SSSR count). The predicted molar refractivity (Wildman–Crippen MR) is 73.1 cm³/mol. The second-order valence-corrected chi connectivity index (χ2v) is 5.64. The fourth-order valence-corrected chi connectivity index (χ4v) is 2.94. The van der Waals surface area contributed by atoms with E-state index in [0.29, 0.717) is 11.7 Å². The van der Waals surface area contributed by atoms with E-state index in [1.165, 1.54) is 19.3 Å². The molecule has 0 radical (unpaired) electrons. The molecule has 2 saturated heterocycles. The third kappa shape index (κ3) is 2.30. The quantitative estimate of drug-likeness (QED) is 0.847. The standard InChI is InChI=1S/C12H18ClN5O/c13-9-10(15-16-11(9)14)12(19)18-6-8(7-18)17-4-2-1-3-5-17/h8H,1-7H2,(H3,14,15,16). The van der Waals surface area contributed by atoms with Crippen LogP contribution in [0.4, 0.5) is 5.82 Å². The first-order valence-corrected chi connectivity index (χ1v) is 7.07. The molecule has 104 valence electrons. The SMILES string of the molecule is Nc1n[nH]c(C(=O)N2CC(N3CCCCC3)C2)c1Cl. The van der Waals surface area contributed by atoms with Gasteiger partial charge >= 0.3 is 0 Å². The molecule has 3 N–H and O–H groups in total. The highest BCUT2D eigenvalue weighted by Crippen LogP contribution is 2.25. The number of amides is 1. The molecule has 0 atom stereocenters. The van der Waals surface area contributed by atoms with E-state index in [4.69, 9.17) is 17.3 Å². The fourth-order valence-electron chi connectivity index (χ4n) is 2.78. The Hall–Kier alpha value is -1.27. The number of carbonyl (C=O) groups excluding carboxylic acids is 1. The van der Waals surface area contributed by atoms with Crippen LogP contribution in [0, 0.1) is 0 Å². The number of piperidine rings is 1. The van der Waals surface area contributed by atoms with Gasteiger partial charge in [-0.25, -0.2) is 0 Å². The number of nitrogen functional groups attached to an aromatic ring is 1. The molecular weight excluding hydrogens is 266 g/mol. The summed E-state index contributed by atoms with van der Waals surface area (Å²) in [6.07, 6.45) is 3.87. The summed E-state index contributed by atoms with van der Waals surface area (Å²) < 4.78 is 0. The Morgan fingerprint density at radius 3 is 2.58 bits per heavy atom. The van der Waals surface area contributed by atoms with Crippen molar-refractivity contribution in [2.75, 3.05) is 31.9 Å². The summed E-state index contributed by atoms with van der Waals surface area (Å²) in [5.41, 5.74) is 5.83. The average Bonchev–Trinajstić information content (AvgIpc) is 2.69. The molecule has 3 heterocycles. The first-order chi connectivity index (χ1) is 9.16. The number of carbonyl (C=O) groups is 1. The zero-order valence-corrected chi connectivity index (χ0v) is 11.5. The normalized spacial score (nSPS) is 21.4. The Labute approximate surface area is 116 Å². The highest BCUT2D eigenvalue weighted by molar-refractivity contribution is 6.35. The Bertz CT molecular complexity index is 476. The van der Waals surface area contributed by atoms with Crippen molar-refractivity contribution in [1.29, 1.82) is 0 Å². The number of hydrogen-bond acceptors (Lipinski definition) is 4. The molecule has 0 saturated carbocycles. The number of H-pyrrole nitrogens is 1. The van der Waals surface area contributed by atoms with E-state index in [1.807, 2.05) is 0 Å². The van der Waals surface area contributed by atoms with Crippen molar-refractivity contribution in [2.24, 2.45) is 0 Å². The molecule has 0 bridgehead atoms. The summed E-state index contributed by atoms with van der Waals surface area (Å²) in [6, 6.07) is 0.503. The van der Waals surface area contributed by atoms with Crippen LogP contribution >= 0.6 is 11.6 Å². The maximum atomic E-state index is 12.2. The zero-order chi connectivity index (χ0) is 13.4. The molecule has 1 aromatic rings. The van der Waals surface area contributed by atoms with E-state index in [1.54, 1.807) is 4.90 Å². The lowest BCUT2D eigenvalue weighted by Crippen LogP contribution is -2.61. The van der Waals surface area contributed by atoms with Gasteiger partial charge in [0.2, 0.25) is 0 Å². The van der Waals surface area contributed by atoms with Gasteiger partial charge < -0.3 is 10.6 Å². The van der Waals surface area contributed by atoms with Gasteiger partial charge in [-0.15, -0.1) is 0 Å². The topological polar surface area (TPSA) is 78.2 Å². The second-order valence-electron chi connectivity index (χ2n) is 5.26. The van der Waals surface area contributed by atoms with E-state index in [-0.39, 0.29) is 16.7 Å². The zero-order valence-electron chi connectivity index (χ0n) is 10.7. The Kier molecular flexibility index (Phi) is 3.36. The van der Waals surface area contributed by atoms with Gasteiger partial charge in [-0.05, 0) is 25.9 Å². The van der Waals surface area contributed by atoms with Gasteiger partial charge in [-0.2, -0.15) is 5.10 Å². The molecule has 0 spiro atoms. The molecule has 2 aliphatic heterocycles. The number of nitrogens with one attached hydrogen (secondary N) is 1. The molecule has 1 amide bonds. The molecule has 1 aromatic heterocycles. The largest absolute Gasteiger partial charge is 0.381 e. The number of anilines is 1. The van der Waals surface area contributed by atoms with Crippen molar-refractivity contribution in [2.45, 2.75) is 25.3 Å². The van der Waals surface area contributed by atoms with Crippen LogP contribution in [0.25, 0.3) is 0 Å². The number of aromatic nitrogens is 2. The van der Waals surface area contributed by atoms with E-state index in [0.717, 1.165) is 26.2 Å². The Balaban J connectivity index is 1.58. The Morgan fingerprint density at radius 2 is 2.00 bits per heavy atom. The lowest BCUT2D eigenvalue weighted by molar-refractivity contribution is 0.0199. The molecule has 0 aromatic carbocycles. The second kappa shape index (κ2) is 5.02. The summed E-state index contributed by atoms with van der Waals surface area (Å²) >= 11 is 5.94. The van der Waals surface area contributed by atoms with Gasteiger partial charge in [-0.3, -0.25) is 14.8 Å². The summed E-state index contributed by atoms with van der Waals surface area (Å²) in [4.78, 5) is 16.5. The van der Waals surface area contributed by atoms with Gasteiger partial charge in [0.25, 0.3) is 5.91 Å². The van der Waals surface area contributed by atoms with E-state index >= 15 is 0 Å². The highest BCUT2D eigenvalue weighted by atomic mass is 35.5. The molecule has 7 heteroatoms. The molecule has 2 fully saturated rings. The van der Waals surface area contributed by atoms with Crippen LogP contribution in [0.5, 0.6) is 0 Å². The summed E-state index contributed by atoms with van der Waals surface area (Å²) in [5.74, 6) is 0.0700. The third-order valence-electron chi connectivity index (χ3n) is 4.00. The van der Waals surface area contributed by atoms with Gasteiger partial charge in [0.05, 0.1) is 0 Å². The van der Waals surface area contributed by atoms with Crippen LogP contribution < -0.4 is 5.73 Å². The average molecular weight is 284 g/mol. The van der Waals surface area contributed by atoms with Crippen LogP contribution in [0.1, 0.15) is 29.8 Å². The molecule has 2 aliphatic rings. The van der Waals surface area contributed by atoms with Gasteiger partial charge in [0.1, 0.15) is 10.7 Å². The lowest BCUT2D eigenvalue weighted by atomic mass is 10.0. The first kappa shape index (κ1) is 12.7. The van der Waals surface area contributed by atoms with Gasteiger partial charge in [0, 0.05) is 19.1 Å². The van der Waals surface area contributed by atoms with Crippen LogP contribution in [-0.2, 0) is 0 Å². The first-order valence-electron chi connectivity index (χ1n) is 6.69. The number of halogens is 1. The van der Waals surface area contributed by atoms with E-state index in [9.17, 15) is 4.79 Å². The Morgan fingerprint density at radius 1 is 1.32 bits per heavy atom. The minimum atomic E-state index is -0.109. The molecule has 0 unspecified atom stereocenters. The van der Waals surface area contributed by atoms with Crippen LogP contribution in [0.15, 0.2) is 0 Å². The summed E-state index contributed by atoms with van der Waals surface area (Å²) in [7, 11) is 0. The molecule has 6 nitrogen and oxygen atoms in total. The summed E-state index contributed by atoms with van der Waals surface area (Å²) in [5, 5.41) is 6.58. The maximum absolute atomic E-state index is 12.2. The van der Waals surface area contributed by atoms with Crippen molar-refractivity contribution in [1.82, 2.24) is 20.0 Å². The van der Waals surface area contributed by atoms with Crippen LogP contribution in [-0.4, -0.2) is 58.1 Å². The van der Waals surface area contributed by atoms with Gasteiger partial charge in [0.15, 0.2) is 5.82 Å². The van der Waals surface area contributed by atoms with Crippen molar-refractivity contribution in [3.63, 3.8) is 0 Å². The van der Waals surface area contributed by atoms with Crippen LogP contribution in [0.2, 0.25) is 5.02 Å². The van der Waals surface area contributed by atoms with Crippen LogP contribution in [0.3, 0.4) is 0 Å². The minimum absolute atomic E-state index is 0.109. The maximum Gasteiger partial charge on any atom is 0.273 e. The van der Waals surface area contributed by atoms with Crippen molar-refractivity contribution in [3.05, 3.63) is 10.7 Å². The minimum Gasteiger partial charge on any atom is -0.381 e. The molecular formula is C12H18ClN5O. The smallest absolute Gasteiger partial charge is 0.273 e. The van der Waals surface area contributed by atoms with Gasteiger partial charge in [-0.1, -0.05) is 18.0 Å². The third-order valence-corrected chi connectivity index (χ3v) is 4.39. The number of hydrogen-bond donors (Lipinski definition) is 2. The predicted octanol–water partition coefficient (Wildman–Crippen LogP) is 0.956. The van der Waals surface area contributed by atoms with Crippen molar-refractivity contribution < 1.29 is 4.79 Å². The van der Waals surface area contributed by atoms with E-state index < -0.39 is 0 Å². The molecule has 0 aliphatic carbocycles. The molecule has 19 heavy (non-hydrogen) atoms. The number of nitrogens with two attached hydrogens (primary N) is 1. The lowest BCUT2D eigenvalue weighted by Gasteiger charge is -2.46. The number of aromatic amines is 1. The van der Waals surface area contributed by atoms with Crippen molar-refractivity contribution >= 4 is 23.3 Å². The number of rotatable bonds is 2. The van der Waals surface area contributed by atoms with E-state index in [2.05, 4.69) is 15.1 Å². The number of nitrogens with zero attached hydrogens (tertiary/aromatic N) is 3. The highest BCUT2D eigenvalue weighted by Gasteiger charge is 2.36. The van der Waals surface area contributed by atoms with Crippen molar-refractivity contribution in [3.8, 4) is 0 Å². The summed E-state index contributed by atoms with van der Waals surface area (Å²) in [6.45, 7) is 3.86.